The second-order valence-electron chi connectivity index (χ2n) is 3.72. The van der Waals surface area contributed by atoms with Crippen LogP contribution in [0, 0.1) is 5.82 Å². The van der Waals surface area contributed by atoms with Crippen LogP contribution in [0.1, 0.15) is 11.4 Å². The van der Waals surface area contributed by atoms with Crippen molar-refractivity contribution in [1.29, 1.82) is 0 Å². The summed E-state index contributed by atoms with van der Waals surface area (Å²) in [6, 6.07) is 5.99. The molecular formula is C11H11FN4O. The Morgan fingerprint density at radius 1 is 1.41 bits per heavy atom. The Labute approximate surface area is 97.3 Å². The predicted octanol–water partition coefficient (Wildman–Crippen LogP) is 0.703. The topological polar surface area (TPSA) is 60.7 Å². The van der Waals surface area contributed by atoms with Crippen LogP contribution in [-0.2, 0) is 24.7 Å². The van der Waals surface area contributed by atoms with Crippen LogP contribution in [-0.4, -0.2) is 26.0 Å². The quantitative estimate of drug-likeness (QED) is 0.781. The van der Waals surface area contributed by atoms with Crippen molar-refractivity contribution in [3.8, 4) is 0 Å². The SMILES string of the molecule is Cn1nnc(CC(=O)Cc2cccc(F)c2)n1. The number of hydrogen-bond acceptors (Lipinski definition) is 4. The summed E-state index contributed by atoms with van der Waals surface area (Å²) >= 11 is 0. The lowest BCUT2D eigenvalue weighted by Gasteiger charge is -1.99. The molecule has 1 heterocycles. The van der Waals surface area contributed by atoms with Gasteiger partial charge in [-0.15, -0.1) is 10.2 Å². The maximum absolute atomic E-state index is 12.9. The number of carbonyl (C=O) groups excluding carboxylic acids is 1. The predicted molar refractivity (Wildman–Crippen MR) is 57.6 cm³/mol. The largest absolute Gasteiger partial charge is 0.299 e. The van der Waals surface area contributed by atoms with E-state index < -0.39 is 0 Å². The molecule has 0 radical (unpaired) electrons. The number of Topliss-reactive ketones (excluding diaryl/α,β-unsaturated/α-hetero) is 1. The molecule has 0 aliphatic rings. The van der Waals surface area contributed by atoms with Gasteiger partial charge in [0.25, 0.3) is 0 Å². The van der Waals surface area contributed by atoms with E-state index in [-0.39, 0.29) is 24.4 Å². The lowest BCUT2D eigenvalue weighted by atomic mass is 10.1. The molecule has 0 unspecified atom stereocenters. The van der Waals surface area contributed by atoms with E-state index in [1.165, 1.54) is 16.9 Å². The molecule has 0 spiro atoms. The molecule has 0 N–H and O–H groups in total. The molecule has 0 fully saturated rings. The van der Waals surface area contributed by atoms with Crippen molar-refractivity contribution < 1.29 is 9.18 Å². The van der Waals surface area contributed by atoms with Crippen LogP contribution in [0.2, 0.25) is 0 Å². The van der Waals surface area contributed by atoms with Gasteiger partial charge in [-0.3, -0.25) is 4.79 Å². The minimum absolute atomic E-state index is 0.0661. The van der Waals surface area contributed by atoms with Crippen LogP contribution in [0.15, 0.2) is 24.3 Å². The molecule has 0 amide bonds. The average Bonchev–Trinajstić information content (AvgIpc) is 2.63. The molecule has 2 aromatic rings. The van der Waals surface area contributed by atoms with Crippen molar-refractivity contribution >= 4 is 5.78 Å². The Kier molecular flexibility index (Phi) is 3.22. The highest BCUT2D eigenvalue weighted by Gasteiger charge is 2.09. The summed E-state index contributed by atoms with van der Waals surface area (Å²) in [5.41, 5.74) is 0.652. The van der Waals surface area contributed by atoms with Gasteiger partial charge >= 0.3 is 0 Å². The average molecular weight is 234 g/mol. The van der Waals surface area contributed by atoms with Crippen molar-refractivity contribution in [3.63, 3.8) is 0 Å². The second kappa shape index (κ2) is 4.82. The van der Waals surface area contributed by atoms with Gasteiger partial charge in [0.05, 0.1) is 13.5 Å². The van der Waals surface area contributed by atoms with E-state index in [0.29, 0.717) is 11.4 Å². The van der Waals surface area contributed by atoms with Gasteiger partial charge < -0.3 is 0 Å². The minimum atomic E-state index is -0.340. The Morgan fingerprint density at radius 3 is 2.88 bits per heavy atom. The monoisotopic (exact) mass is 234 g/mol. The van der Waals surface area contributed by atoms with E-state index in [1.54, 1.807) is 19.2 Å². The number of carbonyl (C=O) groups is 1. The zero-order valence-electron chi connectivity index (χ0n) is 9.30. The summed E-state index contributed by atoms with van der Waals surface area (Å²) < 4.78 is 12.9. The van der Waals surface area contributed by atoms with Gasteiger partial charge in [-0.25, -0.2) is 4.39 Å². The highest BCUT2D eigenvalue weighted by molar-refractivity contribution is 5.82. The number of aromatic nitrogens is 4. The molecule has 1 aromatic carbocycles. The van der Waals surface area contributed by atoms with E-state index in [2.05, 4.69) is 15.4 Å². The number of ketones is 1. The van der Waals surface area contributed by atoms with Crippen molar-refractivity contribution in [3.05, 3.63) is 41.5 Å². The molecule has 0 saturated carbocycles. The molecule has 2 rings (SSSR count). The first-order chi connectivity index (χ1) is 8.13. The van der Waals surface area contributed by atoms with E-state index in [4.69, 9.17) is 0 Å². The molecular weight excluding hydrogens is 223 g/mol. The van der Waals surface area contributed by atoms with Crippen LogP contribution < -0.4 is 0 Å². The maximum atomic E-state index is 12.9. The number of aryl methyl sites for hydroxylation is 1. The van der Waals surface area contributed by atoms with Crippen molar-refractivity contribution in [2.45, 2.75) is 12.8 Å². The molecule has 0 aliphatic heterocycles. The summed E-state index contributed by atoms with van der Waals surface area (Å²) in [5.74, 6) is -0.0227. The Hall–Kier alpha value is -2.11. The van der Waals surface area contributed by atoms with Crippen molar-refractivity contribution in [2.24, 2.45) is 7.05 Å². The van der Waals surface area contributed by atoms with Gasteiger partial charge in [-0.2, -0.15) is 4.80 Å². The lowest BCUT2D eigenvalue weighted by molar-refractivity contribution is -0.117. The lowest BCUT2D eigenvalue weighted by Crippen LogP contribution is -2.08. The third kappa shape index (κ3) is 3.17. The standard InChI is InChI=1S/C11H11FN4O/c1-16-14-11(13-15-16)7-10(17)6-8-3-2-4-9(12)5-8/h2-5H,6-7H2,1H3. The molecule has 0 bridgehead atoms. The highest BCUT2D eigenvalue weighted by Crippen LogP contribution is 2.05. The molecule has 0 saturated heterocycles. The zero-order chi connectivity index (χ0) is 12.3. The molecule has 17 heavy (non-hydrogen) atoms. The fraction of sp³-hybridized carbons (Fsp3) is 0.273. The van der Waals surface area contributed by atoms with Crippen LogP contribution in [0.3, 0.4) is 0 Å². The van der Waals surface area contributed by atoms with Gasteiger partial charge in [-0.05, 0) is 22.9 Å². The first-order valence-corrected chi connectivity index (χ1v) is 5.12. The number of benzene rings is 1. The highest BCUT2D eigenvalue weighted by atomic mass is 19.1. The number of hydrogen-bond donors (Lipinski definition) is 0. The normalized spacial score (nSPS) is 10.5. The number of tetrazole rings is 1. The van der Waals surface area contributed by atoms with Crippen molar-refractivity contribution in [1.82, 2.24) is 20.2 Å². The van der Waals surface area contributed by atoms with E-state index in [0.717, 1.165) is 0 Å². The third-order valence-electron chi connectivity index (χ3n) is 2.20. The van der Waals surface area contributed by atoms with Gasteiger partial charge in [0.1, 0.15) is 11.6 Å². The van der Waals surface area contributed by atoms with Crippen LogP contribution in [0.25, 0.3) is 0 Å². The van der Waals surface area contributed by atoms with E-state index in [9.17, 15) is 9.18 Å². The van der Waals surface area contributed by atoms with Crippen LogP contribution in [0.4, 0.5) is 4.39 Å². The summed E-state index contributed by atoms with van der Waals surface area (Å²) in [5, 5.41) is 11.3. The second-order valence-corrected chi connectivity index (χ2v) is 3.72. The fourth-order valence-electron chi connectivity index (χ4n) is 1.51. The van der Waals surface area contributed by atoms with Gasteiger partial charge in [0.2, 0.25) is 0 Å². The minimum Gasteiger partial charge on any atom is -0.299 e. The molecule has 1 aromatic heterocycles. The molecule has 0 atom stereocenters. The van der Waals surface area contributed by atoms with Crippen LogP contribution >= 0.6 is 0 Å². The van der Waals surface area contributed by atoms with Crippen LogP contribution in [0.5, 0.6) is 0 Å². The van der Waals surface area contributed by atoms with Gasteiger partial charge in [0.15, 0.2) is 5.82 Å². The number of rotatable bonds is 4. The number of nitrogens with zero attached hydrogens (tertiary/aromatic N) is 4. The molecule has 88 valence electrons. The third-order valence-corrected chi connectivity index (χ3v) is 2.20. The smallest absolute Gasteiger partial charge is 0.182 e. The summed E-state index contributed by atoms with van der Waals surface area (Å²) in [4.78, 5) is 13.0. The van der Waals surface area contributed by atoms with E-state index in [1.807, 2.05) is 0 Å². The molecule has 0 aliphatic carbocycles. The Balaban J connectivity index is 1.98. The summed E-state index contributed by atoms with van der Waals surface area (Å²) in [6.45, 7) is 0. The number of halogens is 1. The Morgan fingerprint density at radius 2 is 2.24 bits per heavy atom. The molecule has 5 nitrogen and oxygen atoms in total. The zero-order valence-corrected chi connectivity index (χ0v) is 9.30. The summed E-state index contributed by atoms with van der Waals surface area (Å²) in [7, 11) is 1.63. The van der Waals surface area contributed by atoms with E-state index >= 15 is 0 Å². The van der Waals surface area contributed by atoms with Crippen molar-refractivity contribution in [2.75, 3.05) is 0 Å². The fourth-order valence-corrected chi connectivity index (χ4v) is 1.51. The summed E-state index contributed by atoms with van der Waals surface area (Å²) in [6.07, 6.45) is 0.292. The molecule has 6 heteroatoms. The van der Waals surface area contributed by atoms with Gasteiger partial charge in [0, 0.05) is 6.42 Å². The Bertz CT molecular complexity index is 538. The van der Waals surface area contributed by atoms with Gasteiger partial charge in [-0.1, -0.05) is 12.1 Å². The first-order valence-electron chi connectivity index (χ1n) is 5.12. The first kappa shape index (κ1) is 11.4. The maximum Gasteiger partial charge on any atom is 0.182 e.